The first-order valence-corrected chi connectivity index (χ1v) is 13.3. The first-order chi connectivity index (χ1) is 18.1. The zero-order chi connectivity index (χ0) is 27.1. The van der Waals surface area contributed by atoms with E-state index in [2.05, 4.69) is 34.0 Å². The zero-order valence-corrected chi connectivity index (χ0v) is 23.1. The number of rotatable bonds is 6. The third kappa shape index (κ3) is 4.73. The molecule has 0 saturated carbocycles. The molecule has 0 aliphatic carbocycles. The molecule has 2 heterocycles. The van der Waals surface area contributed by atoms with Crippen molar-refractivity contribution in [2.24, 2.45) is 7.05 Å². The predicted octanol–water partition coefficient (Wildman–Crippen LogP) is 5.47. The van der Waals surface area contributed by atoms with Crippen LogP contribution in [0.5, 0.6) is 5.75 Å². The van der Waals surface area contributed by atoms with Gasteiger partial charge in [0.05, 0.1) is 11.2 Å². The second kappa shape index (κ2) is 10.1. The molecule has 5 rings (SSSR count). The number of carboxylic acids is 1. The van der Waals surface area contributed by atoms with E-state index in [4.69, 9.17) is 0 Å². The Morgan fingerprint density at radius 2 is 1.84 bits per heavy atom. The Labute approximate surface area is 233 Å². The number of aryl methyl sites for hydroxylation is 2. The molecule has 9 heteroatoms. The number of carbonyl (C=O) groups is 3. The first kappa shape index (κ1) is 25.8. The number of hydrogen-bond acceptors (Lipinski definition) is 4. The summed E-state index contributed by atoms with van der Waals surface area (Å²) in [5.74, 6) is -1.80. The van der Waals surface area contributed by atoms with Gasteiger partial charge in [-0.3, -0.25) is 9.59 Å². The van der Waals surface area contributed by atoms with Crippen LogP contribution in [0.2, 0.25) is 0 Å². The number of halogens is 1. The molecule has 1 aliphatic rings. The molecule has 8 nitrogen and oxygen atoms in total. The van der Waals surface area contributed by atoms with Gasteiger partial charge in [-0.1, -0.05) is 29.8 Å². The van der Waals surface area contributed by atoms with E-state index in [-0.39, 0.29) is 36.0 Å². The fourth-order valence-electron chi connectivity index (χ4n) is 5.03. The Morgan fingerprint density at radius 3 is 2.61 bits per heavy atom. The van der Waals surface area contributed by atoms with Crippen molar-refractivity contribution in [3.05, 3.63) is 74.9 Å². The summed E-state index contributed by atoms with van der Waals surface area (Å²) in [5, 5.41) is 23.2. The Kier molecular flexibility index (Phi) is 6.87. The van der Waals surface area contributed by atoms with E-state index < -0.39 is 5.97 Å². The molecule has 38 heavy (non-hydrogen) atoms. The van der Waals surface area contributed by atoms with Gasteiger partial charge in [-0.2, -0.15) is 0 Å². The van der Waals surface area contributed by atoms with Crippen molar-refractivity contribution in [2.75, 3.05) is 16.8 Å². The van der Waals surface area contributed by atoms with Crippen molar-refractivity contribution >= 4 is 62.7 Å². The monoisotopic (exact) mass is 623 g/mol. The lowest BCUT2D eigenvalue weighted by Crippen LogP contribution is -2.29. The number of carbonyl (C=O) groups excluding carboxylic acids is 2. The van der Waals surface area contributed by atoms with E-state index in [0.717, 1.165) is 32.5 Å². The average molecular weight is 623 g/mol. The average Bonchev–Trinajstić information content (AvgIpc) is 3.40. The number of aromatic hydroxyl groups is 1. The number of nitrogens with zero attached hydrogens (tertiary/aromatic N) is 2. The summed E-state index contributed by atoms with van der Waals surface area (Å²) >= 11 is 2.17. The molecular weight excluding hydrogens is 597 g/mol. The molecule has 0 bridgehead atoms. The lowest BCUT2D eigenvalue weighted by molar-refractivity contribution is -0.122. The lowest BCUT2D eigenvalue weighted by Gasteiger charge is -2.17. The van der Waals surface area contributed by atoms with Gasteiger partial charge in [0.15, 0.2) is 0 Å². The van der Waals surface area contributed by atoms with E-state index in [1.165, 1.54) is 17.7 Å². The van der Waals surface area contributed by atoms with Crippen LogP contribution in [0, 0.1) is 10.5 Å². The van der Waals surface area contributed by atoms with Crippen LogP contribution in [0.4, 0.5) is 11.4 Å². The van der Waals surface area contributed by atoms with E-state index >= 15 is 0 Å². The first-order valence-electron chi connectivity index (χ1n) is 12.2. The summed E-state index contributed by atoms with van der Waals surface area (Å²) in [4.78, 5) is 38.8. The molecular formula is C29H26IN3O5. The number of benzene rings is 3. The highest BCUT2D eigenvalue weighted by Crippen LogP contribution is 2.38. The second-order valence-electron chi connectivity index (χ2n) is 9.47. The summed E-state index contributed by atoms with van der Waals surface area (Å²) in [6, 6.07) is 16.3. The molecule has 1 aliphatic heterocycles. The number of carboxylic acid groups (broad SMARTS) is 1. The summed E-state index contributed by atoms with van der Waals surface area (Å²) in [7, 11) is 1.84. The lowest BCUT2D eigenvalue weighted by atomic mass is 10.1. The zero-order valence-electron chi connectivity index (χ0n) is 20.9. The highest BCUT2D eigenvalue weighted by atomic mass is 127. The Balaban J connectivity index is 1.31. The van der Waals surface area contributed by atoms with Crippen LogP contribution < -0.4 is 10.2 Å². The molecule has 1 aromatic heterocycles. The van der Waals surface area contributed by atoms with Crippen molar-refractivity contribution in [1.29, 1.82) is 0 Å². The van der Waals surface area contributed by atoms with Gasteiger partial charge in [0.25, 0.3) is 0 Å². The minimum Gasteiger partial charge on any atom is -0.507 e. The topological polar surface area (TPSA) is 112 Å². The number of hydrogen-bond donors (Lipinski definition) is 3. The maximum atomic E-state index is 12.8. The minimum atomic E-state index is -1.20. The number of aromatic carboxylic acids is 1. The van der Waals surface area contributed by atoms with Crippen molar-refractivity contribution in [3.8, 4) is 17.0 Å². The number of nitrogens with one attached hydrogen (secondary N) is 1. The largest absolute Gasteiger partial charge is 0.507 e. The Morgan fingerprint density at radius 1 is 1.05 bits per heavy atom. The molecule has 0 atom stereocenters. The van der Waals surface area contributed by atoms with Crippen molar-refractivity contribution in [3.63, 3.8) is 0 Å². The third-order valence-corrected chi connectivity index (χ3v) is 7.99. The molecule has 2 amide bonds. The minimum absolute atomic E-state index is 0.0643. The molecule has 0 saturated heterocycles. The maximum absolute atomic E-state index is 12.8. The van der Waals surface area contributed by atoms with E-state index in [9.17, 15) is 24.6 Å². The number of anilines is 2. The SMILES string of the molecule is Cc1ccc2c(c1)CCN2C(=O)CCC(=O)Nc1cccc(-c2c(I)c3cc(C(=O)O)c(O)cc3n2C)c1. The maximum Gasteiger partial charge on any atom is 0.339 e. The summed E-state index contributed by atoms with van der Waals surface area (Å²) in [6.45, 7) is 2.67. The Bertz CT molecular complexity index is 1620. The summed E-state index contributed by atoms with van der Waals surface area (Å²) in [5.41, 5.74) is 6.05. The number of amides is 2. The van der Waals surface area contributed by atoms with E-state index in [0.29, 0.717) is 23.1 Å². The third-order valence-electron chi connectivity index (χ3n) is 6.90. The molecule has 3 N–H and O–H groups in total. The quantitative estimate of drug-likeness (QED) is 0.247. The highest BCUT2D eigenvalue weighted by molar-refractivity contribution is 14.1. The summed E-state index contributed by atoms with van der Waals surface area (Å²) < 4.78 is 2.72. The van der Waals surface area contributed by atoms with E-state index in [1.807, 2.05) is 48.9 Å². The van der Waals surface area contributed by atoms with Gasteiger partial charge >= 0.3 is 5.97 Å². The van der Waals surface area contributed by atoms with Crippen LogP contribution in [0.15, 0.2) is 54.6 Å². The van der Waals surface area contributed by atoms with Gasteiger partial charge in [-0.15, -0.1) is 0 Å². The molecule has 0 unspecified atom stereocenters. The van der Waals surface area contributed by atoms with Gasteiger partial charge in [0.1, 0.15) is 11.3 Å². The van der Waals surface area contributed by atoms with Crippen molar-refractivity contribution in [1.82, 2.24) is 4.57 Å². The molecule has 0 fully saturated rings. The van der Waals surface area contributed by atoms with Crippen LogP contribution in [0.25, 0.3) is 22.2 Å². The second-order valence-corrected chi connectivity index (χ2v) is 10.5. The van der Waals surface area contributed by atoms with Crippen LogP contribution in [-0.4, -0.2) is 39.1 Å². The smallest absolute Gasteiger partial charge is 0.339 e. The van der Waals surface area contributed by atoms with Crippen LogP contribution >= 0.6 is 22.6 Å². The molecule has 0 spiro atoms. The van der Waals surface area contributed by atoms with Crippen LogP contribution in [0.1, 0.15) is 34.3 Å². The predicted molar refractivity (Wildman–Crippen MR) is 155 cm³/mol. The fourth-order valence-corrected chi connectivity index (χ4v) is 6.14. The highest BCUT2D eigenvalue weighted by Gasteiger charge is 2.25. The number of aromatic nitrogens is 1. The van der Waals surface area contributed by atoms with Crippen molar-refractivity contribution < 1.29 is 24.6 Å². The molecule has 194 valence electrons. The van der Waals surface area contributed by atoms with Gasteiger partial charge in [-0.05, 0) is 65.8 Å². The fraction of sp³-hybridized carbons (Fsp3) is 0.207. The van der Waals surface area contributed by atoms with E-state index in [1.54, 1.807) is 11.0 Å². The van der Waals surface area contributed by atoms with Gasteiger partial charge < -0.3 is 25.0 Å². The number of fused-ring (bicyclic) bond motifs is 2. The van der Waals surface area contributed by atoms with Gasteiger partial charge in [0, 0.05) is 58.4 Å². The standard InChI is InChI=1S/C29H26IN3O5/c1-16-6-7-22-17(12-16)10-11-33(22)26(36)9-8-25(35)31-19-5-3-4-18(13-19)28-27(30)20-14-21(29(37)38)24(34)15-23(20)32(28)2/h3-7,12-15,34H,8-11H2,1-2H3,(H,31,35)(H,37,38). The summed E-state index contributed by atoms with van der Waals surface area (Å²) in [6.07, 6.45) is 1.02. The molecule has 4 aromatic rings. The van der Waals surface area contributed by atoms with Crippen molar-refractivity contribution in [2.45, 2.75) is 26.2 Å². The number of phenols is 1. The molecule has 3 aromatic carbocycles. The van der Waals surface area contributed by atoms with Gasteiger partial charge in [0.2, 0.25) is 11.8 Å². The molecule has 0 radical (unpaired) electrons. The van der Waals surface area contributed by atoms with Crippen LogP contribution in [-0.2, 0) is 23.1 Å². The normalized spacial score (nSPS) is 12.6. The Hall–Kier alpha value is -3.86. The van der Waals surface area contributed by atoms with Crippen LogP contribution in [0.3, 0.4) is 0 Å². The van der Waals surface area contributed by atoms with Gasteiger partial charge in [-0.25, -0.2) is 4.79 Å².